The standard InChI is InChI=1S/C6H12FNO/c1-9-4-6(7)2-5(8)3-6/h5H,2-4,8H2,1H3. The van der Waals surface area contributed by atoms with Crippen LogP contribution < -0.4 is 5.73 Å². The van der Waals surface area contributed by atoms with Crippen LogP contribution in [0.1, 0.15) is 12.8 Å². The molecule has 2 nitrogen and oxygen atoms in total. The average Bonchev–Trinajstić information content (AvgIpc) is 1.62. The zero-order valence-electron chi connectivity index (χ0n) is 5.56. The summed E-state index contributed by atoms with van der Waals surface area (Å²) in [4.78, 5) is 0. The number of hydrogen-bond donors (Lipinski definition) is 1. The lowest BCUT2D eigenvalue weighted by atomic mass is 9.78. The van der Waals surface area contributed by atoms with Gasteiger partial charge < -0.3 is 10.5 Å². The normalized spacial score (nSPS) is 42.3. The van der Waals surface area contributed by atoms with Crippen LogP contribution in [0, 0.1) is 0 Å². The minimum atomic E-state index is -1.10. The van der Waals surface area contributed by atoms with Crippen LogP contribution in [0.5, 0.6) is 0 Å². The first-order valence-corrected chi connectivity index (χ1v) is 3.10. The summed E-state index contributed by atoms with van der Waals surface area (Å²) in [5.41, 5.74) is 4.29. The Morgan fingerprint density at radius 2 is 2.33 bits per heavy atom. The van der Waals surface area contributed by atoms with Gasteiger partial charge in [-0.2, -0.15) is 0 Å². The number of rotatable bonds is 2. The van der Waals surface area contributed by atoms with E-state index >= 15 is 0 Å². The number of ether oxygens (including phenoxy) is 1. The monoisotopic (exact) mass is 133 g/mol. The van der Waals surface area contributed by atoms with Gasteiger partial charge >= 0.3 is 0 Å². The first-order valence-electron chi connectivity index (χ1n) is 3.10. The van der Waals surface area contributed by atoms with Crippen molar-refractivity contribution in [3.63, 3.8) is 0 Å². The van der Waals surface area contributed by atoms with Gasteiger partial charge in [0.2, 0.25) is 0 Å². The van der Waals surface area contributed by atoms with E-state index in [4.69, 9.17) is 5.73 Å². The highest BCUT2D eigenvalue weighted by atomic mass is 19.1. The average molecular weight is 133 g/mol. The minimum Gasteiger partial charge on any atom is -0.381 e. The van der Waals surface area contributed by atoms with E-state index < -0.39 is 5.67 Å². The molecule has 1 saturated carbocycles. The van der Waals surface area contributed by atoms with Crippen molar-refractivity contribution in [2.45, 2.75) is 24.6 Å². The van der Waals surface area contributed by atoms with E-state index in [-0.39, 0.29) is 12.6 Å². The molecule has 0 aromatic heterocycles. The Labute approximate surface area is 54.2 Å². The van der Waals surface area contributed by atoms with Crippen LogP contribution in [-0.4, -0.2) is 25.4 Å². The van der Waals surface area contributed by atoms with Crippen molar-refractivity contribution in [1.29, 1.82) is 0 Å². The second-order valence-electron chi connectivity index (χ2n) is 2.75. The fraction of sp³-hybridized carbons (Fsp3) is 1.00. The molecule has 0 spiro atoms. The fourth-order valence-electron chi connectivity index (χ4n) is 1.26. The van der Waals surface area contributed by atoms with E-state index in [1.54, 1.807) is 0 Å². The van der Waals surface area contributed by atoms with Gasteiger partial charge in [0.25, 0.3) is 0 Å². The van der Waals surface area contributed by atoms with Gasteiger partial charge in [0.05, 0.1) is 6.61 Å². The maximum atomic E-state index is 13.0. The van der Waals surface area contributed by atoms with Gasteiger partial charge in [-0.3, -0.25) is 0 Å². The molecule has 1 aliphatic carbocycles. The molecule has 1 aliphatic rings. The Morgan fingerprint density at radius 3 is 2.67 bits per heavy atom. The third kappa shape index (κ3) is 1.40. The molecular formula is C6H12FNO. The number of hydrogen-bond acceptors (Lipinski definition) is 2. The number of alkyl halides is 1. The van der Waals surface area contributed by atoms with E-state index in [0.29, 0.717) is 12.8 Å². The smallest absolute Gasteiger partial charge is 0.137 e. The van der Waals surface area contributed by atoms with E-state index in [1.807, 2.05) is 0 Å². The van der Waals surface area contributed by atoms with Crippen molar-refractivity contribution in [1.82, 2.24) is 0 Å². The Kier molecular flexibility index (Phi) is 1.73. The first-order chi connectivity index (χ1) is 4.16. The zero-order valence-corrected chi connectivity index (χ0v) is 5.56. The van der Waals surface area contributed by atoms with Gasteiger partial charge in [0.1, 0.15) is 5.67 Å². The maximum absolute atomic E-state index is 13.0. The van der Waals surface area contributed by atoms with Gasteiger partial charge in [-0.1, -0.05) is 0 Å². The van der Waals surface area contributed by atoms with Crippen LogP contribution in [0.15, 0.2) is 0 Å². The first kappa shape index (κ1) is 6.96. The molecule has 0 saturated heterocycles. The van der Waals surface area contributed by atoms with Crippen LogP contribution in [0.25, 0.3) is 0 Å². The summed E-state index contributed by atoms with van der Waals surface area (Å²) >= 11 is 0. The van der Waals surface area contributed by atoms with E-state index in [2.05, 4.69) is 4.74 Å². The number of nitrogens with two attached hydrogens (primary N) is 1. The highest BCUT2D eigenvalue weighted by Crippen LogP contribution is 2.34. The van der Waals surface area contributed by atoms with Crippen LogP contribution in [-0.2, 0) is 4.74 Å². The molecule has 0 aromatic carbocycles. The lowest BCUT2D eigenvalue weighted by Crippen LogP contribution is -2.50. The molecule has 0 aromatic rings. The van der Waals surface area contributed by atoms with Crippen LogP contribution >= 0.6 is 0 Å². The summed E-state index contributed by atoms with van der Waals surface area (Å²) in [5.74, 6) is 0. The lowest BCUT2D eigenvalue weighted by Gasteiger charge is -2.38. The fourth-order valence-corrected chi connectivity index (χ4v) is 1.26. The summed E-state index contributed by atoms with van der Waals surface area (Å²) < 4.78 is 17.6. The number of methoxy groups -OCH3 is 1. The van der Waals surface area contributed by atoms with E-state index in [9.17, 15) is 4.39 Å². The molecular weight excluding hydrogens is 121 g/mol. The molecule has 0 radical (unpaired) electrons. The van der Waals surface area contributed by atoms with Crippen LogP contribution in [0.2, 0.25) is 0 Å². The predicted octanol–water partition coefficient (Wildman–Crippen LogP) is 0.462. The lowest BCUT2D eigenvalue weighted by molar-refractivity contribution is -0.0284. The summed E-state index contributed by atoms with van der Waals surface area (Å²) in [7, 11) is 1.51. The Bertz CT molecular complexity index is 95.7. The molecule has 0 unspecified atom stereocenters. The van der Waals surface area contributed by atoms with E-state index in [0.717, 1.165) is 0 Å². The van der Waals surface area contributed by atoms with Gasteiger partial charge in [-0.25, -0.2) is 4.39 Å². The molecule has 0 bridgehead atoms. The van der Waals surface area contributed by atoms with Crippen molar-refractivity contribution in [3.05, 3.63) is 0 Å². The molecule has 54 valence electrons. The maximum Gasteiger partial charge on any atom is 0.137 e. The van der Waals surface area contributed by atoms with Crippen molar-refractivity contribution >= 4 is 0 Å². The van der Waals surface area contributed by atoms with Crippen molar-refractivity contribution in [2.75, 3.05) is 13.7 Å². The molecule has 0 heterocycles. The summed E-state index contributed by atoms with van der Waals surface area (Å²) in [6.07, 6.45) is 0.918. The highest BCUT2D eigenvalue weighted by Gasteiger charge is 2.42. The Balaban J connectivity index is 2.23. The summed E-state index contributed by atoms with van der Waals surface area (Å²) in [5, 5.41) is 0. The Morgan fingerprint density at radius 1 is 1.78 bits per heavy atom. The summed E-state index contributed by atoms with van der Waals surface area (Å²) in [6, 6.07) is 0.0603. The largest absolute Gasteiger partial charge is 0.381 e. The minimum absolute atomic E-state index is 0.0603. The number of halogens is 1. The van der Waals surface area contributed by atoms with Crippen LogP contribution in [0.4, 0.5) is 4.39 Å². The van der Waals surface area contributed by atoms with Gasteiger partial charge in [0.15, 0.2) is 0 Å². The van der Waals surface area contributed by atoms with Gasteiger partial charge in [-0.05, 0) is 12.8 Å². The van der Waals surface area contributed by atoms with Crippen molar-refractivity contribution < 1.29 is 9.13 Å². The van der Waals surface area contributed by atoms with Gasteiger partial charge in [-0.15, -0.1) is 0 Å². The molecule has 2 N–H and O–H groups in total. The zero-order chi connectivity index (χ0) is 6.91. The molecule has 1 rings (SSSR count). The summed E-state index contributed by atoms with van der Waals surface area (Å²) in [6.45, 7) is 0.195. The molecule has 9 heavy (non-hydrogen) atoms. The van der Waals surface area contributed by atoms with Crippen molar-refractivity contribution in [3.8, 4) is 0 Å². The third-order valence-corrected chi connectivity index (χ3v) is 1.66. The third-order valence-electron chi connectivity index (χ3n) is 1.66. The second kappa shape index (κ2) is 2.23. The second-order valence-corrected chi connectivity index (χ2v) is 2.75. The molecule has 0 aliphatic heterocycles. The SMILES string of the molecule is COCC1(F)CC(N)C1. The topological polar surface area (TPSA) is 35.2 Å². The van der Waals surface area contributed by atoms with Crippen molar-refractivity contribution in [2.24, 2.45) is 5.73 Å². The predicted molar refractivity (Wildman–Crippen MR) is 32.9 cm³/mol. The molecule has 0 atom stereocenters. The van der Waals surface area contributed by atoms with Crippen LogP contribution in [0.3, 0.4) is 0 Å². The molecule has 1 fully saturated rings. The van der Waals surface area contributed by atoms with E-state index in [1.165, 1.54) is 7.11 Å². The highest BCUT2D eigenvalue weighted by molar-refractivity contribution is 4.96. The van der Waals surface area contributed by atoms with Gasteiger partial charge in [0, 0.05) is 13.2 Å². The molecule has 0 amide bonds. The Hall–Kier alpha value is -0.150. The quantitative estimate of drug-likeness (QED) is 0.594. The molecule has 3 heteroatoms.